The van der Waals surface area contributed by atoms with E-state index in [-0.39, 0.29) is 23.7 Å². The Balaban J connectivity index is 1.52. The van der Waals surface area contributed by atoms with E-state index in [0.717, 1.165) is 22.5 Å². The van der Waals surface area contributed by atoms with Gasteiger partial charge in [-0.05, 0) is 30.3 Å². The van der Waals surface area contributed by atoms with Crippen LogP contribution in [0.5, 0.6) is 0 Å². The van der Waals surface area contributed by atoms with Gasteiger partial charge in [0, 0.05) is 41.0 Å². The van der Waals surface area contributed by atoms with Crippen LogP contribution in [0.2, 0.25) is 0 Å². The number of carbonyl (C=O) groups excluding carboxylic acids is 1. The normalized spacial score (nSPS) is 20.0. The zero-order valence-electron chi connectivity index (χ0n) is 15.5. The van der Waals surface area contributed by atoms with Gasteiger partial charge < -0.3 is 10.0 Å². The van der Waals surface area contributed by atoms with Crippen molar-refractivity contribution >= 4 is 34.6 Å². The molecule has 6 nitrogen and oxygen atoms in total. The molecule has 3 aromatic rings. The fourth-order valence-electron chi connectivity index (χ4n) is 4.10. The van der Waals surface area contributed by atoms with E-state index >= 15 is 0 Å². The summed E-state index contributed by atoms with van der Waals surface area (Å²) < 4.78 is 0. The third-order valence-electron chi connectivity index (χ3n) is 5.47. The Kier molecular flexibility index (Phi) is 3.99. The average Bonchev–Trinajstić information content (AvgIpc) is 3.33. The van der Waals surface area contributed by atoms with Crippen LogP contribution in [0.3, 0.4) is 0 Å². The van der Waals surface area contributed by atoms with Crippen molar-refractivity contribution in [1.82, 2.24) is 4.98 Å². The molecule has 0 saturated heterocycles. The molecule has 0 bridgehead atoms. The summed E-state index contributed by atoms with van der Waals surface area (Å²) in [6.07, 6.45) is 3.61. The molecule has 1 aromatic heterocycles. The van der Waals surface area contributed by atoms with Crippen LogP contribution in [-0.4, -0.2) is 35.1 Å². The minimum absolute atomic E-state index is 0.0406. The molecule has 0 spiro atoms. The number of carbonyl (C=O) groups is 2. The molecule has 0 fully saturated rings. The first kappa shape index (κ1) is 17.6. The number of thiazole rings is 1. The Morgan fingerprint density at radius 2 is 1.90 bits per heavy atom. The van der Waals surface area contributed by atoms with Crippen LogP contribution >= 0.6 is 11.3 Å². The van der Waals surface area contributed by atoms with Gasteiger partial charge in [-0.3, -0.25) is 9.69 Å². The van der Waals surface area contributed by atoms with Crippen LogP contribution in [0.25, 0.3) is 10.6 Å². The van der Waals surface area contributed by atoms with E-state index in [4.69, 9.17) is 5.11 Å². The summed E-state index contributed by atoms with van der Waals surface area (Å²) in [5, 5.41) is 11.2. The summed E-state index contributed by atoms with van der Waals surface area (Å²) in [5.41, 5.74) is 3.93. The van der Waals surface area contributed by atoms with Gasteiger partial charge >= 0.3 is 5.97 Å². The monoisotopic (exact) mass is 403 g/mol. The first-order valence-corrected chi connectivity index (χ1v) is 10.0. The highest BCUT2D eigenvalue weighted by molar-refractivity contribution is 7.13. The van der Waals surface area contributed by atoms with Crippen LogP contribution in [0.4, 0.5) is 11.4 Å². The van der Waals surface area contributed by atoms with E-state index in [9.17, 15) is 9.59 Å². The van der Waals surface area contributed by atoms with E-state index in [0.29, 0.717) is 5.01 Å². The lowest BCUT2D eigenvalue weighted by atomic mass is 9.97. The first-order chi connectivity index (χ1) is 14.0. The summed E-state index contributed by atoms with van der Waals surface area (Å²) in [7, 11) is 2.05. The maximum Gasteiger partial charge on any atom is 0.355 e. The van der Waals surface area contributed by atoms with E-state index < -0.39 is 5.97 Å². The van der Waals surface area contributed by atoms with Gasteiger partial charge in [0.1, 0.15) is 5.01 Å². The van der Waals surface area contributed by atoms with Crippen molar-refractivity contribution in [3.63, 3.8) is 0 Å². The fraction of sp³-hybridized carbons (Fsp3) is 0.136. The number of aromatic carboxylic acids is 1. The summed E-state index contributed by atoms with van der Waals surface area (Å²) in [4.78, 5) is 32.1. The Morgan fingerprint density at radius 1 is 1.14 bits per heavy atom. The van der Waals surface area contributed by atoms with Gasteiger partial charge in [0.2, 0.25) is 0 Å². The second-order valence-corrected chi connectivity index (χ2v) is 7.92. The van der Waals surface area contributed by atoms with Gasteiger partial charge in [-0.25, -0.2) is 9.78 Å². The van der Waals surface area contributed by atoms with Gasteiger partial charge in [-0.2, -0.15) is 0 Å². The largest absolute Gasteiger partial charge is 0.476 e. The number of carboxylic acid groups (broad SMARTS) is 1. The predicted molar refractivity (Wildman–Crippen MR) is 113 cm³/mol. The van der Waals surface area contributed by atoms with Crippen LogP contribution in [0.1, 0.15) is 22.1 Å². The molecule has 7 heteroatoms. The van der Waals surface area contributed by atoms with E-state index in [2.05, 4.69) is 22.0 Å². The molecule has 144 valence electrons. The standard InChI is InChI=1S/C22H17N3O3S/c1-24-17-5-3-2-4-15(17)20-18(24)10-11-19(26)25(20)14-8-6-13(7-9-14)21-23-16(12-29-21)22(27)28/h2-12,18,20H,1H3,(H,27,28). The molecule has 2 unspecified atom stereocenters. The Morgan fingerprint density at radius 3 is 2.62 bits per heavy atom. The van der Waals surface area contributed by atoms with Crippen LogP contribution in [0.15, 0.2) is 66.1 Å². The van der Waals surface area contributed by atoms with Crippen LogP contribution in [0, 0.1) is 0 Å². The third-order valence-corrected chi connectivity index (χ3v) is 6.36. The predicted octanol–water partition coefficient (Wildman–Crippen LogP) is 3.97. The number of rotatable bonds is 3. The molecule has 3 heterocycles. The number of likely N-dealkylation sites (N-methyl/N-ethyl adjacent to an activating group) is 1. The van der Waals surface area contributed by atoms with E-state index in [1.54, 1.807) is 6.08 Å². The maximum absolute atomic E-state index is 12.8. The number of nitrogens with zero attached hydrogens (tertiary/aromatic N) is 3. The highest BCUT2D eigenvalue weighted by Crippen LogP contribution is 2.46. The molecule has 2 aliphatic rings. The van der Waals surface area contributed by atoms with Crippen molar-refractivity contribution < 1.29 is 14.7 Å². The fourth-order valence-corrected chi connectivity index (χ4v) is 4.90. The van der Waals surface area contributed by atoms with Gasteiger partial charge in [-0.1, -0.05) is 24.3 Å². The zero-order chi connectivity index (χ0) is 20.1. The molecule has 0 radical (unpaired) electrons. The quantitative estimate of drug-likeness (QED) is 0.716. The molecule has 0 saturated carbocycles. The number of anilines is 2. The number of hydrogen-bond donors (Lipinski definition) is 1. The summed E-state index contributed by atoms with van der Waals surface area (Å²) in [5.74, 6) is -1.09. The van der Waals surface area contributed by atoms with Crippen molar-refractivity contribution in [2.75, 3.05) is 16.8 Å². The SMILES string of the molecule is CN1c2ccccc2C2C1C=CC(=O)N2c1ccc(-c2nc(C(=O)O)cs2)cc1. The molecule has 0 aliphatic carbocycles. The molecule has 5 rings (SSSR count). The maximum atomic E-state index is 12.8. The zero-order valence-corrected chi connectivity index (χ0v) is 16.3. The van der Waals surface area contributed by atoms with Crippen molar-refractivity contribution in [2.45, 2.75) is 12.1 Å². The highest BCUT2D eigenvalue weighted by Gasteiger charge is 2.43. The summed E-state index contributed by atoms with van der Waals surface area (Å²) in [6.45, 7) is 0. The number of hydrogen-bond acceptors (Lipinski definition) is 5. The third kappa shape index (κ3) is 2.74. The van der Waals surface area contributed by atoms with E-state index in [1.807, 2.05) is 54.4 Å². The number of carboxylic acids is 1. The van der Waals surface area contributed by atoms with Gasteiger partial charge in [-0.15, -0.1) is 11.3 Å². The van der Waals surface area contributed by atoms with Crippen molar-refractivity contribution in [3.8, 4) is 10.6 Å². The van der Waals surface area contributed by atoms with Crippen LogP contribution < -0.4 is 9.80 Å². The second kappa shape index (κ2) is 6.56. The molecular formula is C22H17N3O3S. The summed E-state index contributed by atoms with van der Waals surface area (Å²) >= 11 is 1.29. The molecule has 1 N–H and O–H groups in total. The lowest BCUT2D eigenvalue weighted by Crippen LogP contribution is -2.44. The number of para-hydroxylation sites is 1. The molecule has 2 atom stereocenters. The topological polar surface area (TPSA) is 73.7 Å². The van der Waals surface area contributed by atoms with Crippen LogP contribution in [-0.2, 0) is 4.79 Å². The van der Waals surface area contributed by atoms with Crippen molar-refractivity contribution in [3.05, 3.63) is 77.3 Å². The average molecular weight is 403 g/mol. The number of aromatic nitrogens is 1. The summed E-state index contributed by atoms with van der Waals surface area (Å²) in [6, 6.07) is 15.7. The molecule has 29 heavy (non-hydrogen) atoms. The lowest BCUT2D eigenvalue weighted by molar-refractivity contribution is -0.115. The molecule has 2 aliphatic heterocycles. The van der Waals surface area contributed by atoms with Gasteiger partial charge in [0.15, 0.2) is 5.69 Å². The molecular weight excluding hydrogens is 386 g/mol. The Bertz CT molecular complexity index is 1150. The Hall–Kier alpha value is -3.45. The lowest BCUT2D eigenvalue weighted by Gasteiger charge is -2.36. The molecule has 1 amide bonds. The van der Waals surface area contributed by atoms with Gasteiger partial charge in [0.25, 0.3) is 5.91 Å². The smallest absolute Gasteiger partial charge is 0.355 e. The molecule has 2 aromatic carbocycles. The highest BCUT2D eigenvalue weighted by atomic mass is 32.1. The Labute approximate surface area is 171 Å². The minimum atomic E-state index is -1.04. The second-order valence-electron chi connectivity index (χ2n) is 7.06. The number of fused-ring (bicyclic) bond motifs is 3. The van der Waals surface area contributed by atoms with E-state index in [1.165, 1.54) is 16.7 Å². The number of amides is 1. The number of benzene rings is 2. The van der Waals surface area contributed by atoms with Crippen molar-refractivity contribution in [1.29, 1.82) is 0 Å². The van der Waals surface area contributed by atoms with Crippen molar-refractivity contribution in [2.24, 2.45) is 0 Å². The minimum Gasteiger partial charge on any atom is -0.476 e. The van der Waals surface area contributed by atoms with Gasteiger partial charge in [0.05, 0.1) is 12.1 Å². The first-order valence-electron chi connectivity index (χ1n) is 9.17.